The van der Waals surface area contributed by atoms with Crippen molar-refractivity contribution < 1.29 is 4.79 Å². The van der Waals surface area contributed by atoms with E-state index in [9.17, 15) is 4.79 Å². The summed E-state index contributed by atoms with van der Waals surface area (Å²) in [4.78, 5) is 12.0. The summed E-state index contributed by atoms with van der Waals surface area (Å²) in [5, 5.41) is 2.81. The molecule has 0 atom stereocenters. The molecule has 2 nitrogen and oxygen atoms in total. The second-order valence-corrected chi connectivity index (χ2v) is 4.98. The van der Waals surface area contributed by atoms with Crippen LogP contribution in [-0.2, 0) is 4.79 Å². The molecule has 0 aromatic carbocycles. The van der Waals surface area contributed by atoms with E-state index in [0.717, 1.165) is 0 Å². The van der Waals surface area contributed by atoms with E-state index in [1.165, 1.54) is 0 Å². The van der Waals surface area contributed by atoms with Gasteiger partial charge in [-0.05, 0) is 17.8 Å². The molecule has 0 radical (unpaired) electrons. The van der Waals surface area contributed by atoms with Crippen LogP contribution in [0.5, 0.6) is 0 Å². The van der Waals surface area contributed by atoms with Crippen molar-refractivity contribution in [2.75, 3.05) is 7.05 Å². The zero-order valence-corrected chi connectivity index (χ0v) is 10.6. The summed E-state index contributed by atoms with van der Waals surface area (Å²) in [5.74, 6) is 1.27. The van der Waals surface area contributed by atoms with Crippen LogP contribution in [0.4, 0.5) is 0 Å². The molecule has 0 saturated carbocycles. The summed E-state index contributed by atoms with van der Waals surface area (Å²) in [6.07, 6.45) is 0. The number of hydrogen-bond donors (Lipinski definition) is 1. The fraction of sp³-hybridized carbons (Fsp3) is 0.917. The Morgan fingerprint density at radius 3 is 1.29 bits per heavy atom. The molecule has 0 spiro atoms. The van der Waals surface area contributed by atoms with Crippen molar-refractivity contribution in [3.05, 3.63) is 0 Å². The normalized spacial score (nSPS) is 12.7. The van der Waals surface area contributed by atoms with Crippen molar-refractivity contribution >= 4 is 5.91 Å². The first-order chi connectivity index (χ1) is 6.31. The third-order valence-corrected chi connectivity index (χ3v) is 3.49. The summed E-state index contributed by atoms with van der Waals surface area (Å²) in [6.45, 7) is 12.8. The zero-order chi connectivity index (χ0) is 11.5. The largest absolute Gasteiger partial charge is 0.359 e. The topological polar surface area (TPSA) is 29.1 Å². The Labute approximate surface area is 88.5 Å². The number of amides is 1. The lowest BCUT2D eigenvalue weighted by Gasteiger charge is -2.43. The molecule has 2 heteroatoms. The minimum Gasteiger partial charge on any atom is -0.359 e. The quantitative estimate of drug-likeness (QED) is 0.741. The first kappa shape index (κ1) is 13.5. The lowest BCUT2D eigenvalue weighted by atomic mass is 9.61. The van der Waals surface area contributed by atoms with E-state index in [-0.39, 0.29) is 11.3 Å². The van der Waals surface area contributed by atoms with Crippen LogP contribution in [0.2, 0.25) is 0 Å². The monoisotopic (exact) mass is 199 g/mol. The lowest BCUT2D eigenvalue weighted by molar-refractivity contribution is -0.140. The van der Waals surface area contributed by atoms with Gasteiger partial charge in [-0.1, -0.05) is 41.5 Å². The van der Waals surface area contributed by atoms with Gasteiger partial charge in [0.25, 0.3) is 0 Å². The summed E-state index contributed by atoms with van der Waals surface area (Å²) in [6, 6.07) is 0. The molecule has 0 aliphatic carbocycles. The Hall–Kier alpha value is -0.530. The molecule has 0 unspecified atom stereocenters. The van der Waals surface area contributed by atoms with E-state index < -0.39 is 0 Å². The third kappa shape index (κ3) is 1.94. The molecule has 14 heavy (non-hydrogen) atoms. The average molecular weight is 199 g/mol. The van der Waals surface area contributed by atoms with Crippen molar-refractivity contribution in [2.45, 2.75) is 41.5 Å². The first-order valence-corrected chi connectivity index (χ1v) is 5.53. The van der Waals surface area contributed by atoms with Crippen LogP contribution in [0.15, 0.2) is 0 Å². The van der Waals surface area contributed by atoms with Crippen LogP contribution >= 0.6 is 0 Å². The number of hydrogen-bond acceptors (Lipinski definition) is 1. The maximum absolute atomic E-state index is 12.0. The first-order valence-electron chi connectivity index (χ1n) is 5.53. The molecule has 0 fully saturated rings. The van der Waals surface area contributed by atoms with E-state index in [1.807, 2.05) is 0 Å². The van der Waals surface area contributed by atoms with Gasteiger partial charge >= 0.3 is 0 Å². The number of rotatable bonds is 4. The predicted octanol–water partition coefficient (Wildman–Crippen LogP) is 2.69. The van der Waals surface area contributed by atoms with Crippen LogP contribution in [0.25, 0.3) is 0 Å². The van der Waals surface area contributed by atoms with E-state index in [2.05, 4.69) is 46.9 Å². The third-order valence-electron chi connectivity index (χ3n) is 3.49. The van der Waals surface area contributed by atoms with Gasteiger partial charge < -0.3 is 5.32 Å². The molecular formula is C12H25NO. The molecular weight excluding hydrogens is 174 g/mol. The van der Waals surface area contributed by atoms with Gasteiger partial charge in [0.05, 0.1) is 5.41 Å². The highest BCUT2D eigenvalue weighted by Crippen LogP contribution is 2.42. The molecule has 0 aromatic heterocycles. The highest BCUT2D eigenvalue weighted by molar-refractivity contribution is 5.83. The smallest absolute Gasteiger partial charge is 0.226 e. The molecule has 0 bridgehead atoms. The molecule has 0 heterocycles. The number of carbonyl (C=O) groups is 1. The van der Waals surface area contributed by atoms with Crippen molar-refractivity contribution in [3.63, 3.8) is 0 Å². The Bertz CT molecular complexity index is 173. The van der Waals surface area contributed by atoms with Crippen molar-refractivity contribution in [2.24, 2.45) is 23.2 Å². The molecule has 1 amide bonds. The fourth-order valence-corrected chi connectivity index (χ4v) is 3.00. The number of carbonyl (C=O) groups excluding carboxylic acids is 1. The van der Waals surface area contributed by atoms with E-state index in [4.69, 9.17) is 0 Å². The Balaban J connectivity index is 5.27. The second-order valence-electron chi connectivity index (χ2n) is 4.98. The summed E-state index contributed by atoms with van der Waals surface area (Å²) in [7, 11) is 1.73. The second kappa shape index (κ2) is 4.81. The Kier molecular flexibility index (Phi) is 4.63. The highest BCUT2D eigenvalue weighted by atomic mass is 16.2. The van der Waals surface area contributed by atoms with Gasteiger partial charge in [0.1, 0.15) is 0 Å². The van der Waals surface area contributed by atoms with Gasteiger partial charge in [0.15, 0.2) is 0 Å². The van der Waals surface area contributed by atoms with Gasteiger partial charge in [0, 0.05) is 7.05 Å². The van der Waals surface area contributed by atoms with Crippen molar-refractivity contribution in [1.82, 2.24) is 5.32 Å². The molecule has 0 saturated heterocycles. The van der Waals surface area contributed by atoms with Gasteiger partial charge in [0.2, 0.25) is 5.91 Å². The molecule has 0 aromatic rings. The van der Waals surface area contributed by atoms with Gasteiger partial charge in [-0.15, -0.1) is 0 Å². The van der Waals surface area contributed by atoms with E-state index in [1.54, 1.807) is 7.05 Å². The standard InChI is InChI=1S/C12H25NO/c1-8(2)12(9(3)4,10(5)6)11(14)13-7/h8-10H,1-7H3,(H,13,14). The summed E-state index contributed by atoms with van der Waals surface area (Å²) in [5.41, 5.74) is -0.241. The highest BCUT2D eigenvalue weighted by Gasteiger charge is 2.46. The van der Waals surface area contributed by atoms with Crippen LogP contribution < -0.4 is 5.32 Å². The average Bonchev–Trinajstić information content (AvgIpc) is 2.02. The van der Waals surface area contributed by atoms with Crippen LogP contribution in [0.3, 0.4) is 0 Å². The lowest BCUT2D eigenvalue weighted by Crippen LogP contribution is -2.50. The maximum atomic E-state index is 12.0. The minimum atomic E-state index is -0.241. The number of nitrogens with one attached hydrogen (secondary N) is 1. The summed E-state index contributed by atoms with van der Waals surface area (Å²) >= 11 is 0. The van der Waals surface area contributed by atoms with Crippen LogP contribution in [-0.4, -0.2) is 13.0 Å². The van der Waals surface area contributed by atoms with E-state index >= 15 is 0 Å². The predicted molar refractivity (Wildman–Crippen MR) is 61.0 cm³/mol. The SMILES string of the molecule is CNC(=O)C(C(C)C)(C(C)C)C(C)C. The van der Waals surface area contributed by atoms with Gasteiger partial charge in [-0.25, -0.2) is 0 Å². The molecule has 84 valence electrons. The molecule has 0 aliphatic rings. The van der Waals surface area contributed by atoms with Crippen molar-refractivity contribution in [1.29, 1.82) is 0 Å². The summed E-state index contributed by atoms with van der Waals surface area (Å²) < 4.78 is 0. The van der Waals surface area contributed by atoms with Gasteiger partial charge in [-0.2, -0.15) is 0 Å². The zero-order valence-electron chi connectivity index (χ0n) is 10.6. The van der Waals surface area contributed by atoms with Gasteiger partial charge in [-0.3, -0.25) is 4.79 Å². The Morgan fingerprint density at radius 2 is 1.21 bits per heavy atom. The molecule has 1 N–H and O–H groups in total. The van der Waals surface area contributed by atoms with E-state index in [0.29, 0.717) is 17.8 Å². The molecule has 0 rings (SSSR count). The minimum absolute atomic E-state index is 0.178. The fourth-order valence-electron chi connectivity index (χ4n) is 3.00. The molecule has 0 aliphatic heterocycles. The Morgan fingerprint density at radius 1 is 0.929 bits per heavy atom. The van der Waals surface area contributed by atoms with Crippen molar-refractivity contribution in [3.8, 4) is 0 Å². The van der Waals surface area contributed by atoms with Crippen LogP contribution in [0.1, 0.15) is 41.5 Å². The maximum Gasteiger partial charge on any atom is 0.226 e. The van der Waals surface area contributed by atoms with Crippen LogP contribution in [0, 0.1) is 23.2 Å².